The van der Waals surface area contributed by atoms with Crippen LogP contribution in [0.3, 0.4) is 0 Å². The van der Waals surface area contributed by atoms with Gasteiger partial charge in [0.05, 0.1) is 23.3 Å². The lowest BCUT2D eigenvalue weighted by Crippen LogP contribution is -2.26. The normalized spacial score (nSPS) is 12.1. The molecule has 0 aliphatic carbocycles. The van der Waals surface area contributed by atoms with E-state index in [1.807, 2.05) is 0 Å². The van der Waals surface area contributed by atoms with Gasteiger partial charge in [0.25, 0.3) is 11.2 Å². The molecule has 0 saturated carbocycles. The molecule has 0 aliphatic heterocycles. The Labute approximate surface area is 157 Å². The fraction of sp³-hybridized carbons (Fsp3) is 0.250. The van der Waals surface area contributed by atoms with Crippen LogP contribution >= 0.6 is 11.6 Å². The molecule has 2 aromatic rings. The number of halogens is 1. The lowest BCUT2D eigenvalue weighted by molar-refractivity contribution is -0.384. The van der Waals surface area contributed by atoms with Crippen LogP contribution < -0.4 is 5.56 Å². The van der Waals surface area contributed by atoms with Crippen LogP contribution in [0.2, 0.25) is 5.02 Å². The quantitative estimate of drug-likeness (QED) is 0.453. The molecule has 0 aliphatic rings. The Morgan fingerprint density at radius 2 is 2.11 bits per heavy atom. The molecule has 1 atom stereocenters. The van der Waals surface area contributed by atoms with Gasteiger partial charge in [-0.2, -0.15) is 10.4 Å². The highest BCUT2D eigenvalue weighted by atomic mass is 35.5. The van der Waals surface area contributed by atoms with Crippen molar-refractivity contribution in [2.75, 3.05) is 0 Å². The number of nitro benzene ring substituents is 1. The summed E-state index contributed by atoms with van der Waals surface area (Å²) in [5, 5.41) is 47.3. The van der Waals surface area contributed by atoms with Crippen LogP contribution in [-0.2, 0) is 6.54 Å². The summed E-state index contributed by atoms with van der Waals surface area (Å²) < 4.78 is 0.814. The number of hydrogen-bond acceptors (Lipinski definition) is 8. The standard InChI is InChI=1S/C16H14ClN5O5/c1-8(23)7-21-15(24)11(6-18)9(2)14(16(21)25)20-19-10-3-4-12(17)13(5-10)22(26)27/h3-5,8,23-24H,7H2,1-2H3. The second-order valence-corrected chi connectivity index (χ2v) is 6.05. The number of nitro groups is 1. The van der Waals surface area contributed by atoms with Crippen molar-refractivity contribution in [2.45, 2.75) is 26.5 Å². The van der Waals surface area contributed by atoms with Crippen molar-refractivity contribution < 1.29 is 15.1 Å². The fourth-order valence-corrected chi connectivity index (χ4v) is 2.49. The van der Waals surface area contributed by atoms with Gasteiger partial charge in [-0.3, -0.25) is 19.5 Å². The third-order valence-corrected chi connectivity index (χ3v) is 3.93. The Balaban J connectivity index is 2.61. The van der Waals surface area contributed by atoms with Gasteiger partial charge in [0.2, 0.25) is 5.88 Å². The summed E-state index contributed by atoms with van der Waals surface area (Å²) in [5.41, 5.74) is -1.40. The van der Waals surface area contributed by atoms with Crippen LogP contribution in [0, 0.1) is 28.4 Å². The molecule has 1 unspecified atom stereocenters. The number of aliphatic hydroxyl groups excluding tert-OH is 1. The summed E-state index contributed by atoms with van der Waals surface area (Å²) in [6.45, 7) is 2.56. The van der Waals surface area contributed by atoms with E-state index in [9.17, 15) is 30.4 Å². The van der Waals surface area contributed by atoms with Crippen LogP contribution in [-0.4, -0.2) is 25.8 Å². The summed E-state index contributed by atoms with van der Waals surface area (Å²) in [5.74, 6) is -0.581. The van der Waals surface area contributed by atoms with Crippen LogP contribution in [0.5, 0.6) is 5.88 Å². The molecule has 0 saturated heterocycles. The van der Waals surface area contributed by atoms with E-state index in [-0.39, 0.29) is 39.8 Å². The molecule has 140 valence electrons. The first-order chi connectivity index (χ1) is 12.7. The van der Waals surface area contributed by atoms with Crippen molar-refractivity contribution in [3.8, 4) is 11.9 Å². The van der Waals surface area contributed by atoms with E-state index in [4.69, 9.17) is 11.6 Å². The van der Waals surface area contributed by atoms with Gasteiger partial charge in [0, 0.05) is 11.6 Å². The number of pyridine rings is 1. The Morgan fingerprint density at radius 3 is 2.67 bits per heavy atom. The van der Waals surface area contributed by atoms with E-state index in [0.717, 1.165) is 10.6 Å². The highest BCUT2D eigenvalue weighted by Gasteiger charge is 2.20. The zero-order chi connectivity index (χ0) is 20.3. The van der Waals surface area contributed by atoms with E-state index in [2.05, 4.69) is 10.2 Å². The molecule has 0 bridgehead atoms. The molecule has 2 N–H and O–H groups in total. The number of rotatable bonds is 5. The fourth-order valence-electron chi connectivity index (χ4n) is 2.30. The van der Waals surface area contributed by atoms with Crippen LogP contribution in [0.25, 0.3) is 0 Å². The van der Waals surface area contributed by atoms with Gasteiger partial charge < -0.3 is 10.2 Å². The second-order valence-electron chi connectivity index (χ2n) is 5.64. The number of aromatic nitrogens is 1. The summed E-state index contributed by atoms with van der Waals surface area (Å²) >= 11 is 5.73. The molecule has 11 heteroatoms. The molecule has 1 aromatic heterocycles. The highest BCUT2D eigenvalue weighted by molar-refractivity contribution is 6.32. The Kier molecular flexibility index (Phi) is 5.89. The predicted octanol–water partition coefficient (Wildman–Crippen LogP) is 3.09. The van der Waals surface area contributed by atoms with Crippen molar-refractivity contribution in [3.63, 3.8) is 0 Å². The largest absolute Gasteiger partial charge is 0.493 e. The van der Waals surface area contributed by atoms with Crippen molar-refractivity contribution in [1.29, 1.82) is 5.26 Å². The molecular weight excluding hydrogens is 378 g/mol. The lowest BCUT2D eigenvalue weighted by Gasteiger charge is -2.14. The Morgan fingerprint density at radius 1 is 1.44 bits per heavy atom. The predicted molar refractivity (Wildman–Crippen MR) is 95.8 cm³/mol. The van der Waals surface area contributed by atoms with Gasteiger partial charge in [-0.1, -0.05) is 11.6 Å². The van der Waals surface area contributed by atoms with Crippen molar-refractivity contribution >= 4 is 28.7 Å². The monoisotopic (exact) mass is 391 g/mol. The van der Waals surface area contributed by atoms with Gasteiger partial charge in [-0.25, -0.2) is 0 Å². The first kappa shape index (κ1) is 20.0. The molecule has 1 aromatic carbocycles. The number of azo groups is 1. The summed E-state index contributed by atoms with van der Waals surface area (Å²) in [6.07, 6.45) is -0.966. The molecule has 27 heavy (non-hydrogen) atoms. The number of hydrogen-bond donors (Lipinski definition) is 2. The minimum atomic E-state index is -0.966. The second kappa shape index (κ2) is 7.94. The Hall–Kier alpha value is -3.29. The highest BCUT2D eigenvalue weighted by Crippen LogP contribution is 2.31. The topological polar surface area (TPSA) is 154 Å². The van der Waals surface area contributed by atoms with E-state index in [0.29, 0.717) is 0 Å². The van der Waals surface area contributed by atoms with Gasteiger partial charge in [-0.05, 0) is 26.0 Å². The number of nitrogens with zero attached hydrogens (tertiary/aromatic N) is 5. The molecule has 10 nitrogen and oxygen atoms in total. The number of nitriles is 1. The minimum Gasteiger partial charge on any atom is -0.493 e. The third kappa shape index (κ3) is 4.11. The van der Waals surface area contributed by atoms with Crippen LogP contribution in [0.15, 0.2) is 33.2 Å². The number of aliphatic hydroxyl groups is 1. The van der Waals surface area contributed by atoms with Crippen molar-refractivity contribution in [3.05, 3.63) is 54.8 Å². The minimum absolute atomic E-state index is 0.0681. The third-order valence-electron chi connectivity index (χ3n) is 3.61. The first-order valence-corrected chi connectivity index (χ1v) is 7.95. The number of benzene rings is 1. The zero-order valence-electron chi connectivity index (χ0n) is 14.2. The van der Waals surface area contributed by atoms with E-state index in [1.165, 1.54) is 26.0 Å². The maximum atomic E-state index is 12.6. The van der Waals surface area contributed by atoms with E-state index >= 15 is 0 Å². The molecule has 1 heterocycles. The molecule has 0 radical (unpaired) electrons. The van der Waals surface area contributed by atoms with E-state index < -0.39 is 22.5 Å². The maximum Gasteiger partial charge on any atom is 0.290 e. The van der Waals surface area contributed by atoms with Crippen molar-refractivity contribution in [2.24, 2.45) is 10.2 Å². The van der Waals surface area contributed by atoms with Gasteiger partial charge in [0.15, 0.2) is 5.69 Å². The molecule has 2 rings (SSSR count). The summed E-state index contributed by atoms with van der Waals surface area (Å²) in [6, 6.07) is 5.50. The zero-order valence-corrected chi connectivity index (χ0v) is 15.0. The summed E-state index contributed by atoms with van der Waals surface area (Å²) in [4.78, 5) is 22.8. The molecular formula is C16H14ClN5O5. The Bertz CT molecular complexity index is 1040. The SMILES string of the molecule is Cc1c(C#N)c(O)n(CC(C)O)c(=O)c1N=Nc1ccc(Cl)c([N+](=O)[O-])c1. The van der Waals surface area contributed by atoms with Crippen LogP contribution in [0.4, 0.5) is 17.1 Å². The van der Waals surface area contributed by atoms with Crippen LogP contribution in [0.1, 0.15) is 18.1 Å². The summed E-state index contributed by atoms with van der Waals surface area (Å²) in [7, 11) is 0. The maximum absolute atomic E-state index is 12.6. The van der Waals surface area contributed by atoms with E-state index in [1.54, 1.807) is 6.07 Å². The molecule has 0 amide bonds. The first-order valence-electron chi connectivity index (χ1n) is 7.57. The molecule has 0 fully saturated rings. The lowest BCUT2D eigenvalue weighted by atomic mass is 10.1. The van der Waals surface area contributed by atoms with Gasteiger partial charge in [0.1, 0.15) is 16.7 Å². The van der Waals surface area contributed by atoms with Gasteiger partial charge in [-0.15, -0.1) is 5.11 Å². The smallest absolute Gasteiger partial charge is 0.290 e. The van der Waals surface area contributed by atoms with Gasteiger partial charge >= 0.3 is 0 Å². The average Bonchev–Trinajstić information content (AvgIpc) is 2.60. The molecule has 0 spiro atoms. The number of aromatic hydroxyl groups is 1. The average molecular weight is 392 g/mol. The van der Waals surface area contributed by atoms with Crippen molar-refractivity contribution in [1.82, 2.24) is 4.57 Å².